The number of rotatable bonds is 7. The van der Waals surface area contributed by atoms with Crippen LogP contribution in [0.5, 0.6) is 5.75 Å². The van der Waals surface area contributed by atoms with Gasteiger partial charge in [0.2, 0.25) is 5.95 Å². The van der Waals surface area contributed by atoms with E-state index < -0.39 is 22.6 Å². The summed E-state index contributed by atoms with van der Waals surface area (Å²) in [6, 6.07) is 11.9. The molecule has 0 aliphatic heterocycles. The second kappa shape index (κ2) is 10.0. The summed E-state index contributed by atoms with van der Waals surface area (Å²) in [7, 11) is -2.41. The second-order valence-electron chi connectivity index (χ2n) is 7.40. The van der Waals surface area contributed by atoms with E-state index in [1.165, 1.54) is 30.6 Å². The summed E-state index contributed by atoms with van der Waals surface area (Å²) in [5.74, 6) is -0.834. The van der Waals surface area contributed by atoms with Gasteiger partial charge in [0.25, 0.3) is 10.0 Å². The number of aromatic nitrogens is 2. The van der Waals surface area contributed by atoms with Crippen LogP contribution < -0.4 is 10.1 Å². The third kappa shape index (κ3) is 4.89. The summed E-state index contributed by atoms with van der Waals surface area (Å²) >= 11 is 0. The quantitative estimate of drug-likeness (QED) is 0.348. The van der Waals surface area contributed by atoms with E-state index in [0.29, 0.717) is 34.1 Å². The van der Waals surface area contributed by atoms with Crippen LogP contribution in [0.3, 0.4) is 0 Å². The minimum Gasteiger partial charge on any atom is -0.435 e. The number of hydrogen-bond donors (Lipinski definition) is 1. The molecule has 4 aromatic rings. The van der Waals surface area contributed by atoms with Crippen molar-refractivity contribution in [1.29, 1.82) is 0 Å². The SMILES string of the molecule is CNCc1cn(S(=O)(=O)c2cccc(OC(F)F)c2)c2cc(-c3cnc(F)c(C)c3)ccc12.Cl. The molecule has 180 valence electrons. The van der Waals surface area contributed by atoms with Gasteiger partial charge in [0.15, 0.2) is 0 Å². The average molecular weight is 512 g/mol. The summed E-state index contributed by atoms with van der Waals surface area (Å²) in [5.41, 5.74) is 2.76. The van der Waals surface area contributed by atoms with Crippen molar-refractivity contribution in [1.82, 2.24) is 14.3 Å². The molecular formula is C23H21ClF3N3O3S. The maximum absolute atomic E-state index is 13.6. The molecule has 1 N–H and O–H groups in total. The molecule has 2 aromatic heterocycles. The summed E-state index contributed by atoms with van der Waals surface area (Å²) < 4.78 is 71.3. The van der Waals surface area contributed by atoms with Crippen LogP contribution in [0.2, 0.25) is 0 Å². The topological polar surface area (TPSA) is 73.2 Å². The van der Waals surface area contributed by atoms with Gasteiger partial charge in [-0.25, -0.2) is 17.4 Å². The third-order valence-electron chi connectivity index (χ3n) is 5.16. The Labute approximate surface area is 200 Å². The van der Waals surface area contributed by atoms with Crippen molar-refractivity contribution in [3.05, 3.63) is 78.0 Å². The normalized spacial score (nSPS) is 11.6. The smallest absolute Gasteiger partial charge is 0.387 e. The van der Waals surface area contributed by atoms with E-state index in [1.54, 1.807) is 32.2 Å². The highest BCUT2D eigenvalue weighted by Crippen LogP contribution is 2.31. The molecule has 0 saturated heterocycles. The Bertz CT molecular complexity index is 1440. The van der Waals surface area contributed by atoms with E-state index in [2.05, 4.69) is 15.0 Å². The molecule has 0 spiro atoms. The summed E-state index contributed by atoms with van der Waals surface area (Å²) in [6.07, 6.45) is 2.88. The first kappa shape index (κ1) is 25.5. The molecule has 11 heteroatoms. The first-order valence-corrected chi connectivity index (χ1v) is 11.4. The molecule has 0 radical (unpaired) electrons. The van der Waals surface area contributed by atoms with Crippen molar-refractivity contribution in [3.63, 3.8) is 0 Å². The number of aryl methyl sites for hydroxylation is 1. The van der Waals surface area contributed by atoms with Crippen molar-refractivity contribution < 1.29 is 26.3 Å². The molecular weight excluding hydrogens is 491 g/mol. The molecule has 0 fully saturated rings. The first-order chi connectivity index (χ1) is 15.7. The molecule has 0 atom stereocenters. The van der Waals surface area contributed by atoms with E-state index in [0.717, 1.165) is 15.6 Å². The van der Waals surface area contributed by atoms with Crippen LogP contribution in [0, 0.1) is 12.9 Å². The zero-order chi connectivity index (χ0) is 23.8. The van der Waals surface area contributed by atoms with Gasteiger partial charge in [0, 0.05) is 41.5 Å². The fourth-order valence-corrected chi connectivity index (χ4v) is 5.04. The van der Waals surface area contributed by atoms with Crippen LogP contribution in [-0.2, 0) is 16.6 Å². The van der Waals surface area contributed by atoms with Gasteiger partial charge in [0.05, 0.1) is 10.4 Å². The average Bonchev–Trinajstić information content (AvgIpc) is 3.14. The van der Waals surface area contributed by atoms with E-state index >= 15 is 0 Å². The molecule has 0 aliphatic carbocycles. The number of nitrogens with zero attached hydrogens (tertiary/aromatic N) is 2. The van der Waals surface area contributed by atoms with Gasteiger partial charge in [-0.05, 0) is 49.4 Å². The lowest BCUT2D eigenvalue weighted by Crippen LogP contribution is -2.13. The lowest BCUT2D eigenvalue weighted by atomic mass is 10.0. The zero-order valence-electron chi connectivity index (χ0n) is 18.1. The highest BCUT2D eigenvalue weighted by Gasteiger charge is 2.23. The molecule has 0 saturated carbocycles. The van der Waals surface area contributed by atoms with Gasteiger partial charge in [-0.2, -0.15) is 13.2 Å². The van der Waals surface area contributed by atoms with Gasteiger partial charge in [-0.1, -0.05) is 18.2 Å². The van der Waals surface area contributed by atoms with Crippen LogP contribution in [0.25, 0.3) is 22.0 Å². The molecule has 2 aromatic carbocycles. The zero-order valence-corrected chi connectivity index (χ0v) is 19.8. The maximum atomic E-state index is 13.6. The molecule has 34 heavy (non-hydrogen) atoms. The fraction of sp³-hybridized carbons (Fsp3) is 0.174. The fourth-order valence-electron chi connectivity index (χ4n) is 3.62. The predicted octanol–water partition coefficient (Wildman–Crippen LogP) is 5.13. The number of ether oxygens (including phenoxy) is 1. The number of halogens is 4. The Kier molecular flexibility index (Phi) is 7.54. The van der Waals surface area contributed by atoms with Crippen molar-refractivity contribution in [2.75, 3.05) is 7.05 Å². The Morgan fingerprint density at radius 2 is 1.88 bits per heavy atom. The van der Waals surface area contributed by atoms with Crippen molar-refractivity contribution in [2.24, 2.45) is 0 Å². The Morgan fingerprint density at radius 3 is 2.56 bits per heavy atom. The van der Waals surface area contributed by atoms with Crippen LogP contribution in [0.15, 0.2) is 65.8 Å². The minimum absolute atomic E-state index is 0. The van der Waals surface area contributed by atoms with Gasteiger partial charge >= 0.3 is 6.61 Å². The number of fused-ring (bicyclic) bond motifs is 1. The van der Waals surface area contributed by atoms with Gasteiger partial charge in [0.1, 0.15) is 5.75 Å². The number of alkyl halides is 2. The minimum atomic E-state index is -4.15. The first-order valence-electron chi connectivity index (χ1n) is 9.92. The number of benzene rings is 2. The Balaban J connectivity index is 0.00000324. The van der Waals surface area contributed by atoms with Crippen molar-refractivity contribution in [2.45, 2.75) is 25.0 Å². The molecule has 4 rings (SSSR count). The Hall–Kier alpha value is -3.08. The number of pyridine rings is 1. The second-order valence-corrected chi connectivity index (χ2v) is 9.22. The van der Waals surface area contributed by atoms with Crippen LogP contribution in [0.4, 0.5) is 13.2 Å². The monoisotopic (exact) mass is 511 g/mol. The van der Waals surface area contributed by atoms with Crippen molar-refractivity contribution >= 4 is 33.3 Å². The van der Waals surface area contributed by atoms with Crippen LogP contribution in [0.1, 0.15) is 11.1 Å². The summed E-state index contributed by atoms with van der Waals surface area (Å²) in [4.78, 5) is 3.55. The third-order valence-corrected chi connectivity index (χ3v) is 6.83. The molecule has 2 heterocycles. The molecule has 0 bridgehead atoms. The summed E-state index contributed by atoms with van der Waals surface area (Å²) in [6.45, 7) is -1.07. The molecule has 0 amide bonds. The lowest BCUT2D eigenvalue weighted by Gasteiger charge is -2.11. The maximum Gasteiger partial charge on any atom is 0.387 e. The van der Waals surface area contributed by atoms with E-state index in [9.17, 15) is 21.6 Å². The van der Waals surface area contributed by atoms with E-state index in [1.807, 2.05) is 6.07 Å². The molecule has 6 nitrogen and oxygen atoms in total. The standard InChI is InChI=1S/C23H20F3N3O3S.ClH/c1-14-8-16(12-28-22(14)24)15-6-7-20-17(11-27-2)13-29(21(20)9-15)33(30,31)19-5-3-4-18(10-19)32-23(25)26;/h3-10,12-13,23,27H,11H2,1-2H3;1H. The van der Waals surface area contributed by atoms with Crippen LogP contribution >= 0.6 is 12.4 Å². The van der Waals surface area contributed by atoms with Gasteiger partial charge in [-0.3, -0.25) is 0 Å². The van der Waals surface area contributed by atoms with Gasteiger partial charge < -0.3 is 10.1 Å². The predicted molar refractivity (Wildman–Crippen MR) is 126 cm³/mol. The van der Waals surface area contributed by atoms with Crippen molar-refractivity contribution in [3.8, 4) is 16.9 Å². The van der Waals surface area contributed by atoms with Gasteiger partial charge in [-0.15, -0.1) is 12.4 Å². The highest BCUT2D eigenvalue weighted by molar-refractivity contribution is 7.90. The number of nitrogens with one attached hydrogen (secondary N) is 1. The number of hydrogen-bond acceptors (Lipinski definition) is 5. The van der Waals surface area contributed by atoms with E-state index in [4.69, 9.17) is 0 Å². The summed E-state index contributed by atoms with van der Waals surface area (Å²) in [5, 5.41) is 3.71. The molecule has 0 aliphatic rings. The highest BCUT2D eigenvalue weighted by atomic mass is 35.5. The largest absolute Gasteiger partial charge is 0.435 e. The van der Waals surface area contributed by atoms with Crippen LogP contribution in [-0.4, -0.2) is 31.0 Å². The molecule has 0 unspecified atom stereocenters. The Morgan fingerprint density at radius 1 is 1.12 bits per heavy atom. The van der Waals surface area contributed by atoms with E-state index in [-0.39, 0.29) is 23.1 Å². The lowest BCUT2D eigenvalue weighted by molar-refractivity contribution is -0.0499.